The third-order valence-electron chi connectivity index (χ3n) is 4.92. The fraction of sp³-hybridized carbons (Fsp3) is 0.421. The van der Waals surface area contributed by atoms with Crippen LogP contribution in [0.3, 0.4) is 0 Å². The van der Waals surface area contributed by atoms with Crippen LogP contribution >= 0.6 is 11.3 Å². The van der Waals surface area contributed by atoms with Gasteiger partial charge in [0.2, 0.25) is 0 Å². The number of ketones is 1. The fourth-order valence-corrected chi connectivity index (χ4v) is 3.94. The van der Waals surface area contributed by atoms with Gasteiger partial charge in [-0.25, -0.2) is 4.98 Å². The smallest absolute Gasteiger partial charge is 0.416 e. The van der Waals surface area contributed by atoms with E-state index in [1.807, 2.05) is 0 Å². The van der Waals surface area contributed by atoms with Gasteiger partial charge in [0.1, 0.15) is 10.8 Å². The second-order valence-electron chi connectivity index (χ2n) is 7.11. The van der Waals surface area contributed by atoms with Crippen LogP contribution in [0.4, 0.5) is 13.2 Å². The molecule has 0 spiro atoms. The van der Waals surface area contributed by atoms with Crippen LogP contribution in [-0.4, -0.2) is 21.8 Å². The Bertz CT molecular complexity index is 856. The van der Waals surface area contributed by atoms with E-state index in [0.717, 1.165) is 25.0 Å². The van der Waals surface area contributed by atoms with Crippen molar-refractivity contribution in [3.05, 3.63) is 40.9 Å². The topological polar surface area (TPSA) is 67.3 Å². The first-order valence-electron chi connectivity index (χ1n) is 8.47. The minimum atomic E-state index is -4.39. The van der Waals surface area contributed by atoms with Crippen molar-refractivity contribution in [1.82, 2.24) is 4.98 Å². The second-order valence-corrected chi connectivity index (χ2v) is 7.97. The molecule has 1 aliphatic carbocycles. The number of carbonyl (C=O) groups is 2. The Morgan fingerprint density at radius 3 is 2.37 bits per heavy atom. The van der Waals surface area contributed by atoms with E-state index in [4.69, 9.17) is 0 Å². The Hall–Kier alpha value is -2.22. The number of aliphatic carboxylic acids is 1. The zero-order chi connectivity index (χ0) is 19.8. The average Bonchev–Trinajstić information content (AvgIpc) is 3.35. The molecule has 1 unspecified atom stereocenters. The SMILES string of the molecule is CC(CC(=O)Cc1csc(-c2ccc(C(F)(F)F)cc2)n1)(C(=O)O)C1CC1. The number of hydrogen-bond acceptors (Lipinski definition) is 4. The monoisotopic (exact) mass is 397 g/mol. The zero-order valence-electron chi connectivity index (χ0n) is 14.5. The first kappa shape index (κ1) is 19.5. The van der Waals surface area contributed by atoms with Crippen LogP contribution in [-0.2, 0) is 22.2 Å². The first-order valence-corrected chi connectivity index (χ1v) is 9.34. The lowest BCUT2D eigenvalue weighted by atomic mass is 9.79. The number of carboxylic acids is 1. The highest BCUT2D eigenvalue weighted by Gasteiger charge is 2.48. The van der Waals surface area contributed by atoms with Gasteiger partial charge in [-0.05, 0) is 37.8 Å². The number of benzene rings is 1. The van der Waals surface area contributed by atoms with Crippen molar-refractivity contribution in [3.63, 3.8) is 0 Å². The number of nitrogens with zero attached hydrogens (tertiary/aromatic N) is 1. The van der Waals surface area contributed by atoms with Crippen LogP contribution < -0.4 is 0 Å². The predicted octanol–water partition coefficient (Wildman–Crippen LogP) is 4.83. The van der Waals surface area contributed by atoms with E-state index in [0.29, 0.717) is 16.3 Å². The first-order chi connectivity index (χ1) is 12.6. The summed E-state index contributed by atoms with van der Waals surface area (Å²) in [5.74, 6) is -1.12. The summed E-state index contributed by atoms with van der Waals surface area (Å²) in [6.45, 7) is 1.61. The molecule has 1 N–H and O–H groups in total. The van der Waals surface area contributed by atoms with E-state index >= 15 is 0 Å². The largest absolute Gasteiger partial charge is 0.481 e. The van der Waals surface area contributed by atoms with Crippen LogP contribution in [0.1, 0.15) is 37.4 Å². The van der Waals surface area contributed by atoms with Crippen LogP contribution in [0.15, 0.2) is 29.6 Å². The number of aromatic nitrogens is 1. The molecule has 2 aromatic rings. The normalized spacial score (nSPS) is 16.7. The molecule has 0 radical (unpaired) electrons. The molecule has 1 saturated carbocycles. The molecule has 1 aromatic carbocycles. The van der Waals surface area contributed by atoms with Crippen molar-refractivity contribution < 1.29 is 27.9 Å². The molecule has 8 heteroatoms. The number of alkyl halides is 3. The Morgan fingerprint density at radius 2 is 1.85 bits per heavy atom. The number of rotatable bonds is 7. The molecule has 3 rings (SSSR count). The molecule has 1 atom stereocenters. The Balaban J connectivity index is 1.67. The van der Waals surface area contributed by atoms with Crippen molar-refractivity contribution in [3.8, 4) is 10.6 Å². The van der Waals surface area contributed by atoms with E-state index in [9.17, 15) is 27.9 Å². The second kappa shape index (κ2) is 7.07. The number of Topliss-reactive ketones (excluding diaryl/α,β-unsaturated/α-hetero) is 1. The van der Waals surface area contributed by atoms with Gasteiger partial charge in [-0.3, -0.25) is 9.59 Å². The lowest BCUT2D eigenvalue weighted by molar-refractivity contribution is -0.151. The molecule has 0 amide bonds. The van der Waals surface area contributed by atoms with Gasteiger partial charge in [0.05, 0.1) is 16.7 Å². The van der Waals surface area contributed by atoms with Gasteiger partial charge in [0.15, 0.2) is 0 Å². The zero-order valence-corrected chi connectivity index (χ0v) is 15.4. The van der Waals surface area contributed by atoms with Gasteiger partial charge in [-0.15, -0.1) is 11.3 Å². The summed E-state index contributed by atoms with van der Waals surface area (Å²) in [6.07, 6.45) is -2.76. The molecule has 0 aliphatic heterocycles. The van der Waals surface area contributed by atoms with Crippen LogP contribution in [0.25, 0.3) is 10.6 Å². The van der Waals surface area contributed by atoms with Gasteiger partial charge < -0.3 is 5.11 Å². The highest BCUT2D eigenvalue weighted by Crippen LogP contribution is 2.48. The molecule has 1 heterocycles. The van der Waals surface area contributed by atoms with Crippen molar-refractivity contribution in [2.45, 2.75) is 38.8 Å². The molecule has 1 aromatic heterocycles. The van der Waals surface area contributed by atoms with Gasteiger partial charge in [-0.1, -0.05) is 12.1 Å². The molecule has 144 valence electrons. The maximum Gasteiger partial charge on any atom is 0.416 e. The molecule has 4 nitrogen and oxygen atoms in total. The number of halogens is 3. The lowest BCUT2D eigenvalue weighted by Gasteiger charge is -2.23. The van der Waals surface area contributed by atoms with Crippen molar-refractivity contribution in [1.29, 1.82) is 0 Å². The Kier molecular flexibility index (Phi) is 5.12. The third-order valence-corrected chi connectivity index (χ3v) is 5.86. The summed E-state index contributed by atoms with van der Waals surface area (Å²) in [5, 5.41) is 11.6. The summed E-state index contributed by atoms with van der Waals surface area (Å²) < 4.78 is 37.9. The van der Waals surface area contributed by atoms with E-state index in [1.165, 1.54) is 23.5 Å². The summed E-state index contributed by atoms with van der Waals surface area (Å²) in [7, 11) is 0. The molecule has 1 aliphatic rings. The summed E-state index contributed by atoms with van der Waals surface area (Å²) in [6, 6.07) is 4.69. The van der Waals surface area contributed by atoms with E-state index in [1.54, 1.807) is 12.3 Å². The summed E-state index contributed by atoms with van der Waals surface area (Å²) in [4.78, 5) is 28.2. The van der Waals surface area contributed by atoms with E-state index in [-0.39, 0.29) is 24.5 Å². The quantitative estimate of drug-likeness (QED) is 0.727. The average molecular weight is 397 g/mol. The third kappa shape index (κ3) is 4.37. The van der Waals surface area contributed by atoms with E-state index in [2.05, 4.69) is 4.98 Å². The maximum absolute atomic E-state index is 12.6. The lowest BCUT2D eigenvalue weighted by Crippen LogP contribution is -2.33. The number of carbonyl (C=O) groups excluding carboxylic acids is 1. The molecule has 1 fully saturated rings. The van der Waals surface area contributed by atoms with Crippen LogP contribution in [0.5, 0.6) is 0 Å². The Labute approximate surface area is 158 Å². The molecule has 27 heavy (non-hydrogen) atoms. The predicted molar refractivity (Wildman–Crippen MR) is 94.3 cm³/mol. The standard InChI is InChI=1S/C19H18F3NO3S/c1-18(17(25)26,12-6-7-12)9-15(24)8-14-10-27-16(23-14)11-2-4-13(5-3-11)19(20,21)22/h2-5,10,12H,6-9H2,1H3,(H,25,26). The number of hydrogen-bond donors (Lipinski definition) is 1. The van der Waals surface area contributed by atoms with E-state index < -0.39 is 23.1 Å². The van der Waals surface area contributed by atoms with Crippen molar-refractivity contribution in [2.75, 3.05) is 0 Å². The Morgan fingerprint density at radius 1 is 1.22 bits per heavy atom. The van der Waals surface area contributed by atoms with Gasteiger partial charge in [-0.2, -0.15) is 13.2 Å². The molecule has 0 bridgehead atoms. The molecular formula is C19H18F3NO3S. The number of carboxylic acid groups (broad SMARTS) is 1. The minimum Gasteiger partial charge on any atom is -0.481 e. The highest BCUT2D eigenvalue weighted by atomic mass is 32.1. The molecule has 0 saturated heterocycles. The highest BCUT2D eigenvalue weighted by molar-refractivity contribution is 7.13. The van der Waals surface area contributed by atoms with Crippen LogP contribution in [0.2, 0.25) is 0 Å². The summed E-state index contributed by atoms with van der Waals surface area (Å²) in [5.41, 5.74) is -0.724. The van der Waals surface area contributed by atoms with Gasteiger partial charge in [0.25, 0.3) is 0 Å². The maximum atomic E-state index is 12.6. The van der Waals surface area contributed by atoms with Crippen molar-refractivity contribution >= 4 is 23.1 Å². The minimum absolute atomic E-state index is 0.0206. The van der Waals surface area contributed by atoms with Gasteiger partial charge >= 0.3 is 12.1 Å². The van der Waals surface area contributed by atoms with Crippen molar-refractivity contribution in [2.24, 2.45) is 11.3 Å². The fourth-order valence-electron chi connectivity index (χ4n) is 3.11. The number of thiazole rings is 1. The summed E-state index contributed by atoms with van der Waals surface area (Å²) >= 11 is 1.24. The van der Waals surface area contributed by atoms with Gasteiger partial charge in [0, 0.05) is 23.8 Å². The molecular weight excluding hydrogens is 379 g/mol. The van der Waals surface area contributed by atoms with Crippen LogP contribution in [0, 0.1) is 11.3 Å².